The Hall–Kier alpha value is -2.89. The van der Waals surface area contributed by atoms with Crippen molar-refractivity contribution >= 4 is 28.9 Å². The van der Waals surface area contributed by atoms with E-state index in [-0.39, 0.29) is 11.8 Å². The van der Waals surface area contributed by atoms with Crippen molar-refractivity contribution in [3.05, 3.63) is 54.3 Å². The highest BCUT2D eigenvalue weighted by atomic mass is 19.1. The van der Waals surface area contributed by atoms with Crippen molar-refractivity contribution in [3.8, 4) is 0 Å². The maximum absolute atomic E-state index is 13.3. The summed E-state index contributed by atoms with van der Waals surface area (Å²) in [4.78, 5) is 27.6. The van der Waals surface area contributed by atoms with Gasteiger partial charge in [0.25, 0.3) is 0 Å². The van der Waals surface area contributed by atoms with Crippen LogP contribution in [0.15, 0.2) is 48.5 Å². The van der Waals surface area contributed by atoms with E-state index in [1.54, 1.807) is 6.07 Å². The van der Waals surface area contributed by atoms with E-state index >= 15 is 0 Å². The van der Waals surface area contributed by atoms with Crippen molar-refractivity contribution in [1.82, 2.24) is 0 Å². The predicted molar refractivity (Wildman–Crippen MR) is 103 cm³/mol. The monoisotopic (exact) mass is 367 g/mol. The summed E-state index contributed by atoms with van der Waals surface area (Å²) in [5.41, 5.74) is 1.11. The van der Waals surface area contributed by atoms with Gasteiger partial charge < -0.3 is 15.5 Å². The van der Waals surface area contributed by atoms with Crippen LogP contribution in [0.25, 0.3) is 0 Å². The molecule has 6 heteroatoms. The SMILES string of the molecule is O=C(Nc1ccc(N2CCCC2)cc1)C1(C(=O)Nc2cccc(F)c2)CC1. The molecule has 1 saturated heterocycles. The van der Waals surface area contributed by atoms with Gasteiger partial charge in [-0.25, -0.2) is 4.39 Å². The van der Waals surface area contributed by atoms with E-state index in [0.717, 1.165) is 18.8 Å². The highest BCUT2D eigenvalue weighted by Crippen LogP contribution is 2.47. The molecule has 1 heterocycles. The smallest absolute Gasteiger partial charge is 0.240 e. The minimum Gasteiger partial charge on any atom is -0.372 e. The maximum Gasteiger partial charge on any atom is 0.240 e. The number of nitrogens with one attached hydrogen (secondary N) is 2. The second-order valence-electron chi connectivity index (χ2n) is 7.24. The highest BCUT2D eigenvalue weighted by molar-refractivity contribution is 6.16. The fraction of sp³-hybridized carbons (Fsp3) is 0.333. The van der Waals surface area contributed by atoms with E-state index < -0.39 is 11.2 Å². The van der Waals surface area contributed by atoms with E-state index in [0.29, 0.717) is 24.2 Å². The number of rotatable bonds is 5. The predicted octanol–water partition coefficient (Wildman–Crippen LogP) is 3.78. The van der Waals surface area contributed by atoms with Gasteiger partial charge in [0, 0.05) is 30.2 Å². The number of hydrogen-bond donors (Lipinski definition) is 2. The van der Waals surface area contributed by atoms with Crippen molar-refractivity contribution in [2.24, 2.45) is 5.41 Å². The molecule has 0 spiro atoms. The summed E-state index contributed by atoms with van der Waals surface area (Å²) < 4.78 is 13.3. The summed E-state index contributed by atoms with van der Waals surface area (Å²) in [6.07, 6.45) is 3.40. The van der Waals surface area contributed by atoms with Crippen LogP contribution >= 0.6 is 0 Å². The van der Waals surface area contributed by atoms with Crippen LogP contribution in [-0.2, 0) is 9.59 Å². The summed E-state index contributed by atoms with van der Waals surface area (Å²) in [7, 11) is 0. The van der Waals surface area contributed by atoms with E-state index in [2.05, 4.69) is 15.5 Å². The van der Waals surface area contributed by atoms with E-state index in [9.17, 15) is 14.0 Å². The Balaban J connectivity index is 1.40. The number of hydrogen-bond acceptors (Lipinski definition) is 3. The molecule has 2 N–H and O–H groups in total. The second kappa shape index (κ2) is 7.02. The Morgan fingerprint density at radius 2 is 1.52 bits per heavy atom. The standard InChI is InChI=1S/C21H22FN3O2/c22-15-4-3-5-17(14-15)24-20(27)21(10-11-21)19(26)23-16-6-8-18(9-7-16)25-12-1-2-13-25/h3-9,14H,1-2,10-13H2,(H,23,26)(H,24,27). The molecule has 0 bridgehead atoms. The van der Waals surface area contributed by atoms with Gasteiger partial charge >= 0.3 is 0 Å². The van der Waals surface area contributed by atoms with Crippen LogP contribution in [0.4, 0.5) is 21.5 Å². The third-order valence-corrected chi connectivity index (χ3v) is 5.30. The van der Waals surface area contributed by atoms with E-state index in [1.807, 2.05) is 24.3 Å². The molecule has 1 aliphatic carbocycles. The number of benzene rings is 2. The average Bonchev–Trinajstić information content (AvgIpc) is 3.30. The first kappa shape index (κ1) is 17.5. The Kier molecular flexibility index (Phi) is 4.56. The first-order chi connectivity index (χ1) is 13.1. The third-order valence-electron chi connectivity index (χ3n) is 5.30. The molecule has 0 aromatic heterocycles. The summed E-state index contributed by atoms with van der Waals surface area (Å²) in [6, 6.07) is 13.4. The van der Waals surface area contributed by atoms with Crippen molar-refractivity contribution in [1.29, 1.82) is 0 Å². The molecule has 0 radical (unpaired) electrons. The molecular formula is C21H22FN3O2. The highest BCUT2D eigenvalue weighted by Gasteiger charge is 2.56. The molecule has 27 heavy (non-hydrogen) atoms. The summed E-state index contributed by atoms with van der Waals surface area (Å²) in [5, 5.41) is 5.50. The molecule has 2 fully saturated rings. The normalized spacial score (nSPS) is 17.4. The van der Waals surface area contributed by atoms with Crippen LogP contribution in [0.3, 0.4) is 0 Å². The van der Waals surface area contributed by atoms with Gasteiger partial charge in [-0.3, -0.25) is 9.59 Å². The van der Waals surface area contributed by atoms with Crippen LogP contribution in [0.1, 0.15) is 25.7 Å². The summed E-state index contributed by atoms with van der Waals surface area (Å²) in [6.45, 7) is 2.13. The van der Waals surface area contributed by atoms with Crippen LogP contribution in [0.5, 0.6) is 0 Å². The molecule has 2 aliphatic rings. The van der Waals surface area contributed by atoms with Gasteiger partial charge in [-0.2, -0.15) is 0 Å². The topological polar surface area (TPSA) is 61.4 Å². The minimum atomic E-state index is -1.07. The molecule has 0 atom stereocenters. The number of amides is 2. The van der Waals surface area contributed by atoms with Gasteiger partial charge in [-0.1, -0.05) is 6.07 Å². The van der Waals surface area contributed by atoms with Crippen LogP contribution in [0, 0.1) is 11.2 Å². The molecule has 2 amide bonds. The third kappa shape index (κ3) is 3.65. The lowest BCUT2D eigenvalue weighted by atomic mass is 10.0. The van der Waals surface area contributed by atoms with Crippen LogP contribution in [0.2, 0.25) is 0 Å². The molecule has 4 rings (SSSR count). The molecule has 5 nitrogen and oxygen atoms in total. The second-order valence-corrected chi connectivity index (χ2v) is 7.24. The lowest BCUT2D eigenvalue weighted by Crippen LogP contribution is -2.35. The van der Waals surface area contributed by atoms with Crippen molar-refractivity contribution in [2.45, 2.75) is 25.7 Å². The van der Waals surface area contributed by atoms with Gasteiger partial charge in [0.2, 0.25) is 11.8 Å². The maximum atomic E-state index is 13.3. The first-order valence-corrected chi connectivity index (χ1v) is 9.30. The van der Waals surface area contributed by atoms with E-state index in [4.69, 9.17) is 0 Å². The summed E-state index contributed by atoms with van der Waals surface area (Å²) >= 11 is 0. The molecule has 2 aromatic rings. The largest absolute Gasteiger partial charge is 0.372 e. The molecule has 0 unspecified atom stereocenters. The van der Waals surface area contributed by atoms with Gasteiger partial charge in [0.05, 0.1) is 0 Å². The number of nitrogens with zero attached hydrogens (tertiary/aromatic N) is 1. The van der Waals surface area contributed by atoms with Gasteiger partial charge in [-0.15, -0.1) is 0 Å². The van der Waals surface area contributed by atoms with Gasteiger partial charge in [0.15, 0.2) is 0 Å². The number of carbonyl (C=O) groups excluding carboxylic acids is 2. The van der Waals surface area contributed by atoms with E-state index in [1.165, 1.54) is 31.0 Å². The molecule has 2 aromatic carbocycles. The van der Waals surface area contributed by atoms with Gasteiger partial charge in [-0.05, 0) is 68.1 Å². The first-order valence-electron chi connectivity index (χ1n) is 9.30. The van der Waals surface area contributed by atoms with Crippen molar-refractivity contribution in [2.75, 3.05) is 28.6 Å². The Morgan fingerprint density at radius 3 is 2.11 bits per heavy atom. The Labute approximate surface area is 157 Å². The Bertz CT molecular complexity index is 856. The molecule has 140 valence electrons. The number of carbonyl (C=O) groups is 2. The fourth-order valence-electron chi connectivity index (χ4n) is 3.48. The zero-order chi connectivity index (χ0) is 18.9. The number of anilines is 3. The van der Waals surface area contributed by atoms with Crippen molar-refractivity contribution in [3.63, 3.8) is 0 Å². The molecular weight excluding hydrogens is 345 g/mol. The minimum absolute atomic E-state index is 0.315. The lowest BCUT2D eigenvalue weighted by Gasteiger charge is -2.19. The quantitative estimate of drug-likeness (QED) is 0.791. The van der Waals surface area contributed by atoms with Crippen LogP contribution < -0.4 is 15.5 Å². The zero-order valence-corrected chi connectivity index (χ0v) is 15.0. The van der Waals surface area contributed by atoms with Crippen molar-refractivity contribution < 1.29 is 14.0 Å². The van der Waals surface area contributed by atoms with Gasteiger partial charge in [0.1, 0.15) is 11.2 Å². The molecule has 1 saturated carbocycles. The fourth-order valence-corrected chi connectivity index (χ4v) is 3.48. The lowest BCUT2D eigenvalue weighted by molar-refractivity contribution is -0.131. The number of halogens is 1. The average molecular weight is 367 g/mol. The zero-order valence-electron chi connectivity index (χ0n) is 15.0. The summed E-state index contributed by atoms with van der Waals surface area (Å²) in [5.74, 6) is -1.13. The Morgan fingerprint density at radius 1 is 0.889 bits per heavy atom. The molecule has 1 aliphatic heterocycles. The van der Waals surface area contributed by atoms with Crippen LogP contribution in [-0.4, -0.2) is 24.9 Å².